The molecule has 4 heterocycles. The van der Waals surface area contributed by atoms with Crippen molar-refractivity contribution in [3.63, 3.8) is 0 Å². The highest BCUT2D eigenvalue weighted by Crippen LogP contribution is 2.31. The Balaban J connectivity index is 1.16. The molecule has 6 heteroatoms. The first kappa shape index (κ1) is 28.8. The molecule has 0 spiro atoms. The Morgan fingerprint density at radius 1 is 0.250 bits per heavy atom. The highest BCUT2D eigenvalue weighted by molar-refractivity contribution is 5.76. The van der Waals surface area contributed by atoms with E-state index in [-0.39, 0.29) is 0 Å². The van der Waals surface area contributed by atoms with E-state index >= 15 is 0 Å². The van der Waals surface area contributed by atoms with E-state index in [1.54, 1.807) is 6.20 Å². The first-order chi connectivity index (χ1) is 23.8. The quantitative estimate of drug-likeness (QED) is 0.177. The largest absolute Gasteiger partial charge is 0.255 e. The highest BCUT2D eigenvalue weighted by atomic mass is 15.0. The summed E-state index contributed by atoms with van der Waals surface area (Å²) in [6, 6.07) is 54.6. The van der Waals surface area contributed by atoms with Crippen LogP contribution in [0.25, 0.3) is 79.3 Å². The molecule has 0 amide bonds. The third-order valence-corrected chi connectivity index (χ3v) is 8.01. The Labute approximate surface area is 278 Å². The number of benzene rings is 4. The van der Waals surface area contributed by atoms with Gasteiger partial charge in [-0.15, -0.1) is 0 Å². The van der Waals surface area contributed by atoms with Gasteiger partial charge >= 0.3 is 0 Å². The molecule has 6 nitrogen and oxygen atoms in total. The smallest absolute Gasteiger partial charge is 0.164 e. The lowest BCUT2D eigenvalue weighted by Gasteiger charge is -2.11. The van der Waals surface area contributed by atoms with E-state index in [9.17, 15) is 0 Å². The van der Waals surface area contributed by atoms with Crippen LogP contribution in [0.3, 0.4) is 0 Å². The standard InChI is InChI=1S/C42H28N6/c1-4-13-29(14-5-1)34-27-38(36-19-10-11-26-43-36)45-39(28-34)37-21-12-20-35(44-37)30-22-24-33(25-23-30)42-47-40(31-15-6-2-7-16-31)46-41(48-42)32-17-8-3-9-18-32/h1-28H. The predicted octanol–water partition coefficient (Wildman–Crippen LogP) is 9.73. The Morgan fingerprint density at radius 2 is 0.688 bits per heavy atom. The zero-order valence-corrected chi connectivity index (χ0v) is 25.8. The lowest BCUT2D eigenvalue weighted by atomic mass is 10.0. The molecule has 0 aliphatic rings. The molecule has 8 rings (SSSR count). The molecule has 48 heavy (non-hydrogen) atoms. The summed E-state index contributed by atoms with van der Waals surface area (Å²) in [6.07, 6.45) is 1.79. The third-order valence-electron chi connectivity index (χ3n) is 8.01. The average molecular weight is 617 g/mol. The SMILES string of the molecule is c1ccc(-c2cc(-c3ccccn3)nc(-c3cccc(-c4ccc(-c5nc(-c6ccccc6)nc(-c6ccccc6)n5)cc4)n3)c2)cc1. The zero-order chi connectivity index (χ0) is 32.1. The Bertz CT molecular complexity index is 2190. The van der Waals surface area contributed by atoms with Gasteiger partial charge in [0.15, 0.2) is 17.5 Å². The van der Waals surface area contributed by atoms with Crippen molar-refractivity contribution in [1.29, 1.82) is 0 Å². The number of aromatic nitrogens is 6. The molecule has 0 N–H and O–H groups in total. The van der Waals surface area contributed by atoms with Gasteiger partial charge in [-0.25, -0.2) is 24.9 Å². The fraction of sp³-hybridized carbons (Fsp3) is 0. The van der Waals surface area contributed by atoms with E-state index in [1.165, 1.54) is 0 Å². The van der Waals surface area contributed by atoms with Crippen LogP contribution in [0.4, 0.5) is 0 Å². The van der Waals surface area contributed by atoms with Crippen LogP contribution in [-0.2, 0) is 0 Å². The minimum Gasteiger partial charge on any atom is -0.255 e. The molecule has 8 aromatic rings. The minimum atomic E-state index is 0.611. The van der Waals surface area contributed by atoms with E-state index in [0.717, 1.165) is 61.9 Å². The summed E-state index contributed by atoms with van der Waals surface area (Å²) in [7, 11) is 0. The molecule has 0 unspecified atom stereocenters. The van der Waals surface area contributed by atoms with Gasteiger partial charge in [0.25, 0.3) is 0 Å². The van der Waals surface area contributed by atoms with Crippen LogP contribution in [0.5, 0.6) is 0 Å². The van der Waals surface area contributed by atoms with Crippen LogP contribution in [0.15, 0.2) is 170 Å². The molecule has 0 fully saturated rings. The summed E-state index contributed by atoms with van der Waals surface area (Å²) in [6.45, 7) is 0. The van der Waals surface area contributed by atoms with Crippen LogP contribution in [0.1, 0.15) is 0 Å². The molecule has 0 bridgehead atoms. The second-order valence-electron chi connectivity index (χ2n) is 11.2. The molecule has 4 aromatic carbocycles. The summed E-state index contributed by atoms with van der Waals surface area (Å²) in [5.74, 6) is 1.88. The molecule has 0 aliphatic heterocycles. The van der Waals surface area contributed by atoms with Gasteiger partial charge < -0.3 is 0 Å². The lowest BCUT2D eigenvalue weighted by Crippen LogP contribution is -2.00. The number of pyridine rings is 3. The first-order valence-electron chi connectivity index (χ1n) is 15.7. The van der Waals surface area contributed by atoms with Gasteiger partial charge in [0.2, 0.25) is 0 Å². The Hall–Kier alpha value is -6.66. The van der Waals surface area contributed by atoms with Crippen molar-refractivity contribution < 1.29 is 0 Å². The lowest BCUT2D eigenvalue weighted by molar-refractivity contribution is 1.07. The van der Waals surface area contributed by atoms with Crippen molar-refractivity contribution in [2.75, 3.05) is 0 Å². The predicted molar refractivity (Wildman–Crippen MR) is 191 cm³/mol. The summed E-state index contributed by atoms with van der Waals surface area (Å²) in [5.41, 5.74) is 9.92. The fourth-order valence-corrected chi connectivity index (χ4v) is 5.57. The third kappa shape index (κ3) is 6.10. The zero-order valence-electron chi connectivity index (χ0n) is 25.8. The van der Waals surface area contributed by atoms with Crippen LogP contribution in [-0.4, -0.2) is 29.9 Å². The van der Waals surface area contributed by atoms with E-state index in [1.807, 2.05) is 127 Å². The molecule has 226 valence electrons. The van der Waals surface area contributed by atoms with Gasteiger partial charge in [0, 0.05) is 28.5 Å². The summed E-state index contributed by atoms with van der Waals surface area (Å²) in [5, 5.41) is 0. The van der Waals surface area contributed by atoms with E-state index < -0.39 is 0 Å². The highest BCUT2D eigenvalue weighted by Gasteiger charge is 2.14. The van der Waals surface area contributed by atoms with Crippen molar-refractivity contribution in [1.82, 2.24) is 29.9 Å². The molecule has 0 saturated carbocycles. The van der Waals surface area contributed by atoms with Crippen molar-refractivity contribution in [3.05, 3.63) is 170 Å². The topological polar surface area (TPSA) is 77.3 Å². The molecule has 0 radical (unpaired) electrons. The molecule has 0 aliphatic carbocycles. The molecular weight excluding hydrogens is 589 g/mol. The maximum atomic E-state index is 5.07. The maximum Gasteiger partial charge on any atom is 0.164 e. The Kier molecular flexibility index (Phi) is 7.79. The van der Waals surface area contributed by atoms with Gasteiger partial charge in [-0.1, -0.05) is 127 Å². The van der Waals surface area contributed by atoms with Crippen molar-refractivity contribution in [2.24, 2.45) is 0 Å². The van der Waals surface area contributed by atoms with Gasteiger partial charge in [-0.05, 0) is 47.5 Å². The molecule has 4 aromatic heterocycles. The summed E-state index contributed by atoms with van der Waals surface area (Å²) >= 11 is 0. The fourth-order valence-electron chi connectivity index (χ4n) is 5.57. The molecule has 0 atom stereocenters. The van der Waals surface area contributed by atoms with E-state index in [4.69, 9.17) is 24.9 Å². The molecular formula is C42H28N6. The number of hydrogen-bond acceptors (Lipinski definition) is 6. The van der Waals surface area contributed by atoms with Crippen molar-refractivity contribution >= 4 is 0 Å². The van der Waals surface area contributed by atoms with E-state index in [0.29, 0.717) is 17.5 Å². The second kappa shape index (κ2) is 13.0. The second-order valence-corrected chi connectivity index (χ2v) is 11.2. The summed E-state index contributed by atoms with van der Waals surface area (Å²) < 4.78 is 0. The summed E-state index contributed by atoms with van der Waals surface area (Å²) in [4.78, 5) is 29.2. The van der Waals surface area contributed by atoms with Crippen molar-refractivity contribution in [2.45, 2.75) is 0 Å². The minimum absolute atomic E-state index is 0.611. The van der Waals surface area contributed by atoms with Gasteiger partial charge in [0.1, 0.15) is 0 Å². The van der Waals surface area contributed by atoms with Gasteiger partial charge in [-0.3, -0.25) is 4.98 Å². The number of nitrogens with zero attached hydrogens (tertiary/aromatic N) is 6. The monoisotopic (exact) mass is 616 g/mol. The van der Waals surface area contributed by atoms with Crippen LogP contribution in [0, 0.1) is 0 Å². The van der Waals surface area contributed by atoms with Gasteiger partial charge in [0.05, 0.1) is 28.5 Å². The van der Waals surface area contributed by atoms with Crippen LogP contribution >= 0.6 is 0 Å². The first-order valence-corrected chi connectivity index (χ1v) is 15.7. The Morgan fingerprint density at radius 3 is 1.25 bits per heavy atom. The van der Waals surface area contributed by atoms with Gasteiger partial charge in [-0.2, -0.15) is 0 Å². The van der Waals surface area contributed by atoms with Crippen LogP contribution in [0.2, 0.25) is 0 Å². The number of rotatable bonds is 7. The number of hydrogen-bond donors (Lipinski definition) is 0. The van der Waals surface area contributed by atoms with Crippen molar-refractivity contribution in [3.8, 4) is 79.3 Å². The van der Waals surface area contributed by atoms with E-state index in [2.05, 4.69) is 41.4 Å². The maximum absolute atomic E-state index is 5.07. The average Bonchev–Trinajstić information content (AvgIpc) is 3.19. The van der Waals surface area contributed by atoms with Crippen LogP contribution < -0.4 is 0 Å². The normalized spacial score (nSPS) is 10.9. The molecule has 0 saturated heterocycles.